The number of aliphatic hydroxyl groups excluding tert-OH is 1. The third kappa shape index (κ3) is 10.7. The summed E-state index contributed by atoms with van der Waals surface area (Å²) in [6.07, 6.45) is 8.28. The van der Waals surface area contributed by atoms with E-state index in [0.717, 1.165) is 56.6 Å². The Labute approximate surface area is 329 Å². The van der Waals surface area contributed by atoms with Crippen molar-refractivity contribution in [1.29, 1.82) is 0 Å². The van der Waals surface area contributed by atoms with Gasteiger partial charge in [-0.25, -0.2) is 19.1 Å². The van der Waals surface area contributed by atoms with Crippen molar-refractivity contribution in [2.75, 3.05) is 36.4 Å². The van der Waals surface area contributed by atoms with Crippen LogP contribution in [0.25, 0.3) is 11.5 Å². The molecule has 3 atom stereocenters. The molecule has 1 saturated carbocycles. The van der Waals surface area contributed by atoms with Crippen LogP contribution in [0.15, 0.2) is 70.7 Å². The van der Waals surface area contributed by atoms with Crippen LogP contribution in [0.5, 0.6) is 5.88 Å². The van der Waals surface area contributed by atoms with Crippen molar-refractivity contribution in [1.82, 2.24) is 20.1 Å². The first-order chi connectivity index (χ1) is 27.1. The van der Waals surface area contributed by atoms with Gasteiger partial charge in [-0.15, -0.1) is 5.10 Å². The molecular weight excluding hydrogens is 714 g/mol. The molecule has 300 valence electrons. The number of hydrogen-bond acceptors (Lipinski definition) is 10. The number of pyridine rings is 1. The molecule has 2 aromatic carbocycles. The number of ether oxygens (including phenoxy) is 1. The third-order valence-corrected chi connectivity index (χ3v) is 10.4. The van der Waals surface area contributed by atoms with Gasteiger partial charge in [0.25, 0.3) is 5.91 Å². The topological polar surface area (TPSA) is 160 Å². The highest BCUT2D eigenvalue weighted by atomic mass is 19.1. The molecule has 2 aromatic heterocycles. The number of benzene rings is 2. The number of rotatable bonds is 12. The lowest BCUT2D eigenvalue weighted by molar-refractivity contribution is 0.102. The smallest absolute Gasteiger partial charge is 0.403 e. The van der Waals surface area contributed by atoms with E-state index in [2.05, 4.69) is 33.4 Å². The maximum absolute atomic E-state index is 14.2. The first-order valence-electron chi connectivity index (χ1n) is 19.9. The number of anilines is 2. The highest BCUT2D eigenvalue weighted by Gasteiger charge is 2.30. The molecule has 2 fully saturated rings. The molecule has 6 rings (SSSR count). The van der Waals surface area contributed by atoms with Gasteiger partial charge in [0.05, 0.1) is 12.2 Å². The molecule has 12 nitrogen and oxygen atoms in total. The molecule has 56 heavy (non-hydrogen) atoms. The minimum absolute atomic E-state index is 0.0284. The fourth-order valence-electron chi connectivity index (χ4n) is 7.62. The van der Waals surface area contributed by atoms with Gasteiger partial charge >= 0.3 is 12.1 Å². The molecule has 1 saturated heterocycles. The molecule has 0 bridgehead atoms. The van der Waals surface area contributed by atoms with Crippen LogP contribution in [0.3, 0.4) is 0 Å². The number of amides is 2. The van der Waals surface area contributed by atoms with E-state index in [1.807, 2.05) is 33.8 Å². The summed E-state index contributed by atoms with van der Waals surface area (Å²) in [5, 5.41) is 21.3. The van der Waals surface area contributed by atoms with Crippen LogP contribution in [0, 0.1) is 24.6 Å². The van der Waals surface area contributed by atoms with E-state index >= 15 is 0 Å². The van der Waals surface area contributed by atoms with E-state index in [1.165, 1.54) is 35.1 Å². The minimum atomic E-state index is -0.706. The van der Waals surface area contributed by atoms with Gasteiger partial charge in [-0.3, -0.25) is 4.79 Å². The number of nitrogens with zero attached hydrogens (tertiary/aromatic N) is 5. The molecule has 4 N–H and O–H groups in total. The summed E-state index contributed by atoms with van der Waals surface area (Å²) in [6.45, 7) is 12.9. The van der Waals surface area contributed by atoms with Crippen molar-refractivity contribution in [2.45, 2.75) is 92.2 Å². The molecule has 4 aromatic rings. The normalized spacial score (nSPS) is 19.2. The fraction of sp³-hybridized carbons (Fsp3) is 0.465. The van der Waals surface area contributed by atoms with Crippen molar-refractivity contribution >= 4 is 23.7 Å². The Morgan fingerprint density at radius 2 is 1.86 bits per heavy atom. The van der Waals surface area contributed by atoms with Crippen molar-refractivity contribution in [3.8, 4) is 17.3 Å². The number of nitrogens with one attached hydrogen (secondary N) is 1. The lowest BCUT2D eigenvalue weighted by Gasteiger charge is -2.34. The number of aliphatic hydroxyl groups is 1. The number of piperidine rings is 1. The van der Waals surface area contributed by atoms with Crippen LogP contribution in [0.1, 0.15) is 93.4 Å². The number of likely N-dealkylation sites (tertiary alicyclic amines) is 1. The molecule has 0 spiro atoms. The second-order valence-corrected chi connectivity index (χ2v) is 14.4. The average Bonchev–Trinajstić information content (AvgIpc) is 3.68. The molecule has 3 heterocycles. The molecule has 3 unspecified atom stereocenters. The minimum Gasteiger partial charge on any atom is -0.403 e. The van der Waals surface area contributed by atoms with Crippen LogP contribution < -0.4 is 20.7 Å². The molecule has 0 radical (unpaired) electrons. The van der Waals surface area contributed by atoms with Gasteiger partial charge in [0, 0.05) is 35.6 Å². The van der Waals surface area contributed by atoms with Crippen LogP contribution in [-0.4, -0.2) is 69.4 Å². The van der Waals surface area contributed by atoms with Gasteiger partial charge < -0.3 is 30.2 Å². The van der Waals surface area contributed by atoms with Gasteiger partial charge in [-0.1, -0.05) is 62.1 Å². The maximum atomic E-state index is 14.2. The Kier molecular flexibility index (Phi) is 15.3. The van der Waals surface area contributed by atoms with Crippen molar-refractivity contribution in [3.05, 3.63) is 94.4 Å². The number of aryl methyl sites for hydroxylation is 1. The summed E-state index contributed by atoms with van der Waals surface area (Å²) >= 11 is 0. The molecule has 2 amide bonds. The lowest BCUT2D eigenvalue weighted by Crippen LogP contribution is -2.38. The number of carbonyl (C=O) groups excluding carboxylic acids is 2. The summed E-state index contributed by atoms with van der Waals surface area (Å²) in [6, 6.07) is 14.0. The van der Waals surface area contributed by atoms with E-state index in [0.29, 0.717) is 35.6 Å². The quantitative estimate of drug-likeness (QED) is 0.120. The number of nitrogens with two attached hydrogens (primary N) is 1. The molecule has 1 aliphatic heterocycles. The summed E-state index contributed by atoms with van der Waals surface area (Å²) in [7, 11) is 0. The Hall–Kier alpha value is -4.98. The van der Waals surface area contributed by atoms with Gasteiger partial charge in [-0.05, 0) is 125 Å². The summed E-state index contributed by atoms with van der Waals surface area (Å²) in [5.74, 6) is -0.278. The van der Waals surface area contributed by atoms with E-state index in [1.54, 1.807) is 30.3 Å². The number of halogens is 1. The van der Waals surface area contributed by atoms with Crippen molar-refractivity contribution < 1.29 is 28.2 Å². The van der Waals surface area contributed by atoms with Gasteiger partial charge in [0.15, 0.2) is 0 Å². The maximum Gasteiger partial charge on any atom is 0.424 e. The summed E-state index contributed by atoms with van der Waals surface area (Å²) < 4.78 is 26.2. The highest BCUT2D eigenvalue weighted by Crippen LogP contribution is 2.35. The number of carbonyl (C=O) groups is 2. The third-order valence-electron chi connectivity index (χ3n) is 10.4. The first kappa shape index (κ1) is 42.2. The fourth-order valence-corrected chi connectivity index (χ4v) is 7.62. The second kappa shape index (κ2) is 20.3. The zero-order chi connectivity index (χ0) is 40.2. The summed E-state index contributed by atoms with van der Waals surface area (Å²) in [4.78, 5) is 35.1. The SMILES string of the molecule is C/C=C1/C(N)CC(C)CC1Cc1nc(OC(=O)N(CCCN2CCCCC2)c2nnc(-c3ccc(NC(=O)c4ccccc4F)cc3CO)o2)ccc1C.CC. The van der Waals surface area contributed by atoms with Crippen LogP contribution >= 0.6 is 0 Å². The monoisotopic (exact) mass is 769 g/mol. The Morgan fingerprint density at radius 3 is 2.59 bits per heavy atom. The van der Waals surface area contributed by atoms with E-state index in [-0.39, 0.29) is 41.9 Å². The van der Waals surface area contributed by atoms with E-state index in [4.69, 9.17) is 19.9 Å². The largest absolute Gasteiger partial charge is 0.424 e. The predicted molar refractivity (Wildman–Crippen MR) is 216 cm³/mol. The van der Waals surface area contributed by atoms with Crippen LogP contribution in [0.2, 0.25) is 0 Å². The standard InChI is InChI=1S/C41H50FN7O5.C2H6/c1-4-31-28(21-26(2)22-35(31)43)24-36-27(3)13-16-37(45-36)53-41(52)49(20-10-19-48-17-8-5-9-18-48)40-47-46-39(54-40)32-15-14-30(23-29(32)25-50)44-38(51)33-11-6-7-12-34(33)42;1-2/h4,6-7,11-16,23,26,28,35,50H,5,8-10,17-22,24-25,43H2,1-3H3,(H,44,51);1-2H3/b31-4+;. The number of hydrogen-bond donors (Lipinski definition) is 3. The molecular formula is C43H56FN7O5. The van der Waals surface area contributed by atoms with Gasteiger partial charge in [0.2, 0.25) is 11.8 Å². The zero-order valence-electron chi connectivity index (χ0n) is 33.3. The van der Waals surface area contributed by atoms with Crippen LogP contribution in [0.4, 0.5) is 20.9 Å². The number of aromatic nitrogens is 3. The van der Waals surface area contributed by atoms with E-state index in [9.17, 15) is 19.1 Å². The Balaban J connectivity index is 0.00000295. The number of allylic oxidation sites excluding steroid dienone is 1. The van der Waals surface area contributed by atoms with Gasteiger partial charge in [0.1, 0.15) is 5.82 Å². The van der Waals surface area contributed by atoms with Crippen molar-refractivity contribution in [3.63, 3.8) is 0 Å². The zero-order valence-corrected chi connectivity index (χ0v) is 33.3. The highest BCUT2D eigenvalue weighted by molar-refractivity contribution is 6.04. The molecule has 13 heteroatoms. The Bertz CT molecular complexity index is 1960. The molecule has 1 aliphatic carbocycles. The van der Waals surface area contributed by atoms with Crippen molar-refractivity contribution in [2.24, 2.45) is 17.6 Å². The first-order valence-corrected chi connectivity index (χ1v) is 19.9. The molecule has 2 aliphatic rings. The predicted octanol–water partition coefficient (Wildman–Crippen LogP) is 8.09. The van der Waals surface area contributed by atoms with Gasteiger partial charge in [-0.2, -0.15) is 0 Å². The second-order valence-electron chi connectivity index (χ2n) is 14.4. The van der Waals surface area contributed by atoms with E-state index < -0.39 is 24.4 Å². The Morgan fingerprint density at radius 1 is 1.09 bits per heavy atom. The van der Waals surface area contributed by atoms with Crippen LogP contribution in [-0.2, 0) is 13.0 Å². The summed E-state index contributed by atoms with van der Waals surface area (Å²) in [5.41, 5.74) is 10.6. The lowest BCUT2D eigenvalue weighted by atomic mass is 9.73. The average molecular weight is 770 g/mol.